The summed E-state index contributed by atoms with van der Waals surface area (Å²) in [5, 5.41) is 2.14. The van der Waals surface area contributed by atoms with Crippen LogP contribution in [0.4, 0.5) is 23.8 Å². The van der Waals surface area contributed by atoms with Crippen molar-refractivity contribution in [3.63, 3.8) is 0 Å². The highest BCUT2D eigenvalue weighted by Crippen LogP contribution is 2.19. The second kappa shape index (κ2) is 9.03. The molecular formula is C19H16F3N3O3. The summed E-state index contributed by atoms with van der Waals surface area (Å²) in [4.78, 5) is 19.3. The third kappa shape index (κ3) is 5.57. The number of ether oxygens (including phenoxy) is 2. The monoisotopic (exact) mass is 391 g/mol. The Hall–Kier alpha value is -3.36. The predicted molar refractivity (Wildman–Crippen MR) is 94.1 cm³/mol. The van der Waals surface area contributed by atoms with Gasteiger partial charge in [-0.1, -0.05) is 18.2 Å². The molecule has 1 atom stereocenters. The molecule has 146 valence electrons. The van der Waals surface area contributed by atoms with Crippen molar-refractivity contribution in [2.24, 2.45) is 5.92 Å². The van der Waals surface area contributed by atoms with Crippen LogP contribution in [0.2, 0.25) is 0 Å². The number of nitrogens with one attached hydrogen (secondary N) is 1. The summed E-state index contributed by atoms with van der Waals surface area (Å²) in [6.07, 6.45) is 4.90. The highest BCUT2D eigenvalue weighted by atomic mass is 19.1. The molecule has 0 saturated carbocycles. The number of hydrogen-bond donors (Lipinski definition) is 1. The normalized spacial score (nSPS) is 15.7. The molecule has 3 rings (SSSR count). The molecule has 0 radical (unpaired) electrons. The van der Waals surface area contributed by atoms with E-state index in [2.05, 4.69) is 15.3 Å². The number of anilines is 1. The number of carbonyl (C=O) groups is 1. The minimum absolute atomic E-state index is 0.0901. The lowest BCUT2D eigenvalue weighted by molar-refractivity contribution is 0.154. The van der Waals surface area contributed by atoms with Gasteiger partial charge in [-0.05, 0) is 36.3 Å². The molecule has 0 saturated heterocycles. The molecule has 1 amide bonds. The van der Waals surface area contributed by atoms with Crippen LogP contribution in [0.1, 0.15) is 12.0 Å². The van der Waals surface area contributed by atoms with Crippen LogP contribution in [0, 0.1) is 17.6 Å². The zero-order valence-corrected chi connectivity index (χ0v) is 14.6. The summed E-state index contributed by atoms with van der Waals surface area (Å²) in [6.45, 7) is -0.112. The molecule has 1 aromatic carbocycles. The maximum atomic E-state index is 13.8. The van der Waals surface area contributed by atoms with E-state index in [-0.39, 0.29) is 31.0 Å². The molecule has 1 aliphatic rings. The largest absolute Gasteiger partial charge is 0.463 e. The number of halogens is 3. The van der Waals surface area contributed by atoms with E-state index in [1.54, 1.807) is 12.1 Å². The first-order valence-corrected chi connectivity index (χ1v) is 8.37. The predicted octanol–water partition coefficient (Wildman–Crippen LogP) is 4.31. The molecule has 1 aliphatic carbocycles. The van der Waals surface area contributed by atoms with E-state index in [4.69, 9.17) is 9.47 Å². The van der Waals surface area contributed by atoms with Gasteiger partial charge in [0.05, 0.1) is 12.8 Å². The standard InChI is InChI=1S/C19H16F3N3O3/c20-14-5-1-3-12(7-14)10-27-18-23-9-16(22)17(24-18)25-19(26)28-11-13-4-2-6-15(21)8-13/h1-2,4-9,12H,3,10-11H2,(H,23,24,25,26)/t12-/m1/s1. The van der Waals surface area contributed by atoms with Crippen molar-refractivity contribution in [2.45, 2.75) is 13.0 Å². The lowest BCUT2D eigenvalue weighted by Crippen LogP contribution is -2.17. The van der Waals surface area contributed by atoms with Gasteiger partial charge in [0.1, 0.15) is 18.3 Å². The van der Waals surface area contributed by atoms with E-state index in [0.717, 1.165) is 6.20 Å². The summed E-state index contributed by atoms with van der Waals surface area (Å²) in [6, 6.07) is 5.34. The van der Waals surface area contributed by atoms with Gasteiger partial charge >= 0.3 is 12.1 Å². The molecule has 0 bridgehead atoms. The number of hydrogen-bond acceptors (Lipinski definition) is 5. The van der Waals surface area contributed by atoms with E-state index in [1.165, 1.54) is 30.4 Å². The van der Waals surface area contributed by atoms with Crippen LogP contribution in [0.3, 0.4) is 0 Å². The average Bonchev–Trinajstić information content (AvgIpc) is 2.67. The number of aromatic nitrogens is 2. The van der Waals surface area contributed by atoms with E-state index in [1.807, 2.05) is 0 Å². The molecule has 0 fully saturated rings. The Morgan fingerprint density at radius 2 is 2.14 bits per heavy atom. The third-order valence-corrected chi connectivity index (χ3v) is 3.74. The molecule has 6 nitrogen and oxygen atoms in total. The molecular weight excluding hydrogens is 375 g/mol. The molecule has 0 unspecified atom stereocenters. The zero-order valence-electron chi connectivity index (χ0n) is 14.6. The zero-order chi connectivity index (χ0) is 19.9. The summed E-state index contributed by atoms with van der Waals surface area (Å²) in [5.41, 5.74) is 0.434. The molecule has 28 heavy (non-hydrogen) atoms. The van der Waals surface area contributed by atoms with Crippen molar-refractivity contribution in [2.75, 3.05) is 11.9 Å². The lowest BCUT2D eigenvalue weighted by Gasteiger charge is -2.14. The molecule has 9 heteroatoms. The fourth-order valence-electron chi connectivity index (χ4n) is 2.42. The van der Waals surface area contributed by atoms with E-state index in [9.17, 15) is 18.0 Å². The first kappa shape index (κ1) is 19.4. The molecule has 1 N–H and O–H groups in total. The SMILES string of the molecule is O=C(Nc1nc(OC[C@H]2C=C(F)C=CC2)ncc1F)OCc1cccc(F)c1. The van der Waals surface area contributed by atoms with Crippen molar-refractivity contribution in [1.29, 1.82) is 0 Å². The smallest absolute Gasteiger partial charge is 0.413 e. The second-order valence-corrected chi connectivity index (χ2v) is 5.94. The molecule has 1 aromatic heterocycles. The number of allylic oxidation sites excluding steroid dienone is 3. The van der Waals surface area contributed by atoms with Gasteiger partial charge < -0.3 is 9.47 Å². The van der Waals surface area contributed by atoms with Crippen molar-refractivity contribution in [3.05, 3.63) is 71.7 Å². The van der Waals surface area contributed by atoms with Crippen LogP contribution in [-0.4, -0.2) is 22.7 Å². The maximum Gasteiger partial charge on any atom is 0.413 e. The minimum atomic E-state index is -0.977. The summed E-state index contributed by atoms with van der Waals surface area (Å²) in [5.74, 6) is -2.34. The van der Waals surface area contributed by atoms with Gasteiger partial charge in [0.15, 0.2) is 11.6 Å². The number of rotatable bonds is 6. The van der Waals surface area contributed by atoms with Gasteiger partial charge in [-0.3, -0.25) is 5.32 Å². The van der Waals surface area contributed by atoms with Crippen molar-refractivity contribution in [1.82, 2.24) is 9.97 Å². The first-order chi connectivity index (χ1) is 13.5. The molecule has 0 aliphatic heterocycles. The molecule has 1 heterocycles. The van der Waals surface area contributed by atoms with E-state index in [0.29, 0.717) is 12.0 Å². The van der Waals surface area contributed by atoms with Crippen LogP contribution in [0.15, 0.2) is 54.5 Å². The summed E-state index contributed by atoms with van der Waals surface area (Å²) < 4.78 is 50.4. The first-order valence-electron chi connectivity index (χ1n) is 8.37. The number of carbonyl (C=O) groups excluding carboxylic acids is 1. The summed E-state index contributed by atoms with van der Waals surface area (Å²) in [7, 11) is 0. The van der Waals surface area contributed by atoms with Crippen molar-refractivity contribution in [3.8, 4) is 6.01 Å². The third-order valence-electron chi connectivity index (χ3n) is 3.74. The number of nitrogens with zero attached hydrogens (tertiary/aromatic N) is 2. The fourth-order valence-corrected chi connectivity index (χ4v) is 2.42. The van der Waals surface area contributed by atoms with Gasteiger partial charge in [-0.25, -0.2) is 22.9 Å². The van der Waals surface area contributed by atoms with Gasteiger partial charge in [-0.15, -0.1) is 0 Å². The quantitative estimate of drug-likeness (QED) is 0.794. The molecule has 2 aromatic rings. The van der Waals surface area contributed by atoms with Crippen LogP contribution < -0.4 is 10.1 Å². The van der Waals surface area contributed by atoms with Crippen molar-refractivity contribution < 1.29 is 27.4 Å². The summed E-state index contributed by atoms with van der Waals surface area (Å²) >= 11 is 0. The van der Waals surface area contributed by atoms with Crippen molar-refractivity contribution >= 4 is 11.9 Å². The van der Waals surface area contributed by atoms with Crippen LogP contribution in [-0.2, 0) is 11.3 Å². The lowest BCUT2D eigenvalue weighted by atomic mass is 10.0. The Bertz CT molecular complexity index is 918. The van der Waals surface area contributed by atoms with Gasteiger partial charge in [0.2, 0.25) is 0 Å². The number of amides is 1. The fraction of sp³-hybridized carbons (Fsp3) is 0.211. The Morgan fingerprint density at radius 1 is 1.29 bits per heavy atom. The molecule has 0 spiro atoms. The topological polar surface area (TPSA) is 73.3 Å². The Morgan fingerprint density at radius 3 is 2.93 bits per heavy atom. The van der Waals surface area contributed by atoms with Gasteiger partial charge in [-0.2, -0.15) is 4.98 Å². The van der Waals surface area contributed by atoms with Crippen LogP contribution in [0.25, 0.3) is 0 Å². The Balaban J connectivity index is 1.55. The average molecular weight is 391 g/mol. The Kier molecular flexibility index (Phi) is 6.25. The number of benzene rings is 1. The second-order valence-electron chi connectivity index (χ2n) is 5.94. The maximum absolute atomic E-state index is 13.8. The van der Waals surface area contributed by atoms with Gasteiger partial charge in [0, 0.05) is 5.92 Å². The Labute approximate surface area is 158 Å². The van der Waals surface area contributed by atoms with E-state index < -0.39 is 23.5 Å². The highest BCUT2D eigenvalue weighted by Gasteiger charge is 2.15. The van der Waals surface area contributed by atoms with Gasteiger partial charge in [0.25, 0.3) is 0 Å². The highest BCUT2D eigenvalue weighted by molar-refractivity contribution is 5.83. The van der Waals surface area contributed by atoms with Crippen LogP contribution >= 0.6 is 0 Å². The van der Waals surface area contributed by atoms with E-state index >= 15 is 0 Å². The minimum Gasteiger partial charge on any atom is -0.463 e. The van der Waals surface area contributed by atoms with Crippen LogP contribution in [0.5, 0.6) is 6.01 Å².